The third kappa shape index (κ3) is 2.59. The number of rotatable bonds is 2. The van der Waals surface area contributed by atoms with Crippen LogP contribution in [0.2, 0.25) is 5.15 Å². The molecule has 1 aliphatic heterocycles. The van der Waals surface area contributed by atoms with E-state index in [1.807, 2.05) is 13.0 Å². The maximum Gasteiger partial charge on any atom is 0.134 e. The highest BCUT2D eigenvalue weighted by molar-refractivity contribution is 6.29. The summed E-state index contributed by atoms with van der Waals surface area (Å²) < 4.78 is 6.00. The Balaban J connectivity index is 1.81. The van der Waals surface area contributed by atoms with E-state index in [2.05, 4.69) is 21.8 Å². The van der Waals surface area contributed by atoms with Crippen LogP contribution in [0.5, 0.6) is 0 Å². The van der Waals surface area contributed by atoms with E-state index >= 15 is 0 Å². The monoisotopic (exact) mass is 267 g/mol. The summed E-state index contributed by atoms with van der Waals surface area (Å²) in [6.45, 7) is 5.78. The van der Waals surface area contributed by atoms with Crippen LogP contribution in [0.1, 0.15) is 25.6 Å². The Bertz CT molecular complexity index is 430. The first-order valence-electron chi connectivity index (χ1n) is 6.53. The fourth-order valence-corrected chi connectivity index (χ4v) is 2.80. The van der Waals surface area contributed by atoms with Gasteiger partial charge in [-0.3, -0.25) is 0 Å². The van der Waals surface area contributed by atoms with Gasteiger partial charge in [-0.1, -0.05) is 11.6 Å². The number of anilines is 1. The van der Waals surface area contributed by atoms with Crippen LogP contribution in [0.15, 0.2) is 6.07 Å². The van der Waals surface area contributed by atoms with Crippen LogP contribution < -0.4 is 4.90 Å². The normalized spacial score (nSPS) is 28.5. The molecule has 1 saturated carbocycles. The number of ether oxygens (including phenoxy) is 1. The molecule has 2 heterocycles. The van der Waals surface area contributed by atoms with E-state index in [-0.39, 0.29) is 6.10 Å². The molecule has 0 spiro atoms. The summed E-state index contributed by atoms with van der Waals surface area (Å²) in [4.78, 5) is 10.9. The minimum absolute atomic E-state index is 0.249. The zero-order valence-corrected chi connectivity index (χ0v) is 11.5. The molecule has 2 atom stereocenters. The number of hydrogen-bond donors (Lipinski definition) is 0. The second-order valence-corrected chi connectivity index (χ2v) is 5.71. The number of hydrogen-bond acceptors (Lipinski definition) is 4. The molecular formula is C13H18ClN3O. The lowest BCUT2D eigenvalue weighted by molar-refractivity contribution is -0.0273. The lowest BCUT2D eigenvalue weighted by Crippen LogP contribution is -2.48. The second kappa shape index (κ2) is 4.67. The Labute approximate surface area is 112 Å². The van der Waals surface area contributed by atoms with Crippen molar-refractivity contribution in [2.75, 3.05) is 18.0 Å². The summed E-state index contributed by atoms with van der Waals surface area (Å²) in [6.07, 6.45) is 3.20. The van der Waals surface area contributed by atoms with Gasteiger partial charge in [0.2, 0.25) is 0 Å². The molecule has 0 N–H and O–H groups in total. The summed E-state index contributed by atoms with van der Waals surface area (Å²) in [5.74, 6) is 2.39. The van der Waals surface area contributed by atoms with E-state index in [4.69, 9.17) is 16.3 Å². The standard InChI is InChI=1S/C13H18ClN3O/c1-8-6-17(7-11(18-8)10-3-4-10)13-5-12(14)15-9(2)16-13/h5,8,10-11H,3-4,6-7H2,1-2H3. The van der Waals surface area contributed by atoms with Crippen molar-refractivity contribution in [2.45, 2.75) is 38.9 Å². The average Bonchev–Trinajstić information content (AvgIpc) is 3.10. The molecule has 1 aromatic heterocycles. The summed E-state index contributed by atoms with van der Waals surface area (Å²) >= 11 is 6.01. The number of nitrogens with zero attached hydrogens (tertiary/aromatic N) is 3. The Hall–Kier alpha value is -0.870. The highest BCUT2D eigenvalue weighted by Crippen LogP contribution is 2.37. The van der Waals surface area contributed by atoms with Crippen LogP contribution in [0.3, 0.4) is 0 Å². The van der Waals surface area contributed by atoms with Gasteiger partial charge in [-0.05, 0) is 32.6 Å². The molecule has 2 aliphatic rings. The average molecular weight is 268 g/mol. The summed E-state index contributed by atoms with van der Waals surface area (Å²) in [5, 5.41) is 0.514. The van der Waals surface area contributed by atoms with Gasteiger partial charge in [0.1, 0.15) is 16.8 Å². The number of aromatic nitrogens is 2. The molecule has 4 nitrogen and oxygen atoms in total. The lowest BCUT2D eigenvalue weighted by atomic mass is 10.1. The Morgan fingerprint density at radius 1 is 1.33 bits per heavy atom. The highest BCUT2D eigenvalue weighted by Gasteiger charge is 2.37. The Morgan fingerprint density at radius 2 is 2.11 bits per heavy atom. The summed E-state index contributed by atoms with van der Waals surface area (Å²) in [6, 6.07) is 1.84. The SMILES string of the molecule is Cc1nc(Cl)cc(N2CC(C)OC(C3CC3)C2)n1. The first kappa shape index (κ1) is 12.2. The molecule has 0 amide bonds. The largest absolute Gasteiger partial charge is 0.371 e. The zero-order valence-electron chi connectivity index (χ0n) is 10.8. The molecule has 1 aliphatic carbocycles. The Kier molecular flexibility index (Phi) is 3.16. The molecule has 2 fully saturated rings. The lowest BCUT2D eigenvalue weighted by Gasteiger charge is -2.37. The van der Waals surface area contributed by atoms with E-state index in [9.17, 15) is 0 Å². The fraction of sp³-hybridized carbons (Fsp3) is 0.692. The van der Waals surface area contributed by atoms with E-state index in [1.165, 1.54) is 12.8 Å². The van der Waals surface area contributed by atoms with Gasteiger partial charge < -0.3 is 9.64 Å². The van der Waals surface area contributed by atoms with E-state index < -0.39 is 0 Å². The third-order valence-corrected chi connectivity index (χ3v) is 3.74. The minimum Gasteiger partial charge on any atom is -0.371 e. The number of aryl methyl sites for hydroxylation is 1. The van der Waals surface area contributed by atoms with Crippen LogP contribution in [-0.2, 0) is 4.74 Å². The quantitative estimate of drug-likeness (QED) is 0.772. The van der Waals surface area contributed by atoms with Gasteiger partial charge in [0.05, 0.1) is 12.2 Å². The van der Waals surface area contributed by atoms with Gasteiger partial charge in [-0.2, -0.15) is 0 Å². The van der Waals surface area contributed by atoms with Crippen molar-refractivity contribution in [1.82, 2.24) is 9.97 Å². The molecule has 5 heteroatoms. The van der Waals surface area contributed by atoms with Crippen LogP contribution in [0, 0.1) is 12.8 Å². The predicted molar refractivity (Wildman–Crippen MR) is 71.1 cm³/mol. The van der Waals surface area contributed by atoms with Gasteiger partial charge >= 0.3 is 0 Å². The topological polar surface area (TPSA) is 38.2 Å². The molecule has 0 radical (unpaired) electrons. The van der Waals surface area contributed by atoms with Crippen molar-refractivity contribution in [3.8, 4) is 0 Å². The van der Waals surface area contributed by atoms with Crippen molar-refractivity contribution in [3.05, 3.63) is 17.0 Å². The van der Waals surface area contributed by atoms with Crippen molar-refractivity contribution < 1.29 is 4.74 Å². The van der Waals surface area contributed by atoms with Crippen molar-refractivity contribution in [2.24, 2.45) is 5.92 Å². The van der Waals surface area contributed by atoms with Gasteiger partial charge in [0.15, 0.2) is 0 Å². The summed E-state index contributed by atoms with van der Waals surface area (Å²) in [7, 11) is 0. The molecule has 2 unspecified atom stereocenters. The Morgan fingerprint density at radius 3 is 2.78 bits per heavy atom. The van der Waals surface area contributed by atoms with Crippen molar-refractivity contribution in [3.63, 3.8) is 0 Å². The molecule has 1 saturated heterocycles. The number of halogens is 1. The van der Waals surface area contributed by atoms with Crippen LogP contribution in [0.4, 0.5) is 5.82 Å². The summed E-state index contributed by atoms with van der Waals surface area (Å²) in [5.41, 5.74) is 0. The molecule has 98 valence electrons. The van der Waals surface area contributed by atoms with E-state index in [0.29, 0.717) is 11.3 Å². The van der Waals surface area contributed by atoms with E-state index in [1.54, 1.807) is 0 Å². The van der Waals surface area contributed by atoms with Gasteiger partial charge in [-0.15, -0.1) is 0 Å². The molecule has 1 aromatic rings. The fourth-order valence-electron chi connectivity index (χ4n) is 2.58. The maximum atomic E-state index is 6.01. The minimum atomic E-state index is 0.249. The third-order valence-electron chi connectivity index (χ3n) is 3.55. The molecule has 3 rings (SSSR count). The molecular weight excluding hydrogens is 250 g/mol. The van der Waals surface area contributed by atoms with Crippen LogP contribution in [-0.4, -0.2) is 35.3 Å². The molecule has 0 aromatic carbocycles. The highest BCUT2D eigenvalue weighted by atomic mass is 35.5. The molecule has 0 bridgehead atoms. The van der Waals surface area contributed by atoms with Crippen molar-refractivity contribution >= 4 is 17.4 Å². The van der Waals surface area contributed by atoms with Crippen LogP contribution >= 0.6 is 11.6 Å². The second-order valence-electron chi connectivity index (χ2n) is 5.32. The predicted octanol–water partition coefficient (Wildman–Crippen LogP) is 2.44. The van der Waals surface area contributed by atoms with Gasteiger partial charge in [0, 0.05) is 19.2 Å². The maximum absolute atomic E-state index is 6.01. The van der Waals surface area contributed by atoms with Gasteiger partial charge in [0.25, 0.3) is 0 Å². The molecule has 18 heavy (non-hydrogen) atoms. The number of morpholine rings is 1. The first-order chi connectivity index (χ1) is 8.61. The van der Waals surface area contributed by atoms with E-state index in [0.717, 1.165) is 30.6 Å². The van der Waals surface area contributed by atoms with Crippen molar-refractivity contribution in [1.29, 1.82) is 0 Å². The zero-order chi connectivity index (χ0) is 12.7. The van der Waals surface area contributed by atoms with Crippen LogP contribution in [0.25, 0.3) is 0 Å². The first-order valence-corrected chi connectivity index (χ1v) is 6.91. The van der Waals surface area contributed by atoms with Gasteiger partial charge in [-0.25, -0.2) is 9.97 Å². The smallest absolute Gasteiger partial charge is 0.134 e.